The summed E-state index contributed by atoms with van der Waals surface area (Å²) < 4.78 is 46.9. The third-order valence-electron chi connectivity index (χ3n) is 7.26. The van der Waals surface area contributed by atoms with E-state index in [0.717, 1.165) is 17.2 Å². The van der Waals surface area contributed by atoms with Gasteiger partial charge >= 0.3 is 12.1 Å². The summed E-state index contributed by atoms with van der Waals surface area (Å²) in [5.41, 5.74) is 2.40. The number of halogens is 4. The van der Waals surface area contributed by atoms with E-state index in [4.69, 9.17) is 21.4 Å². The summed E-state index contributed by atoms with van der Waals surface area (Å²) in [7, 11) is 0. The normalized spacial score (nSPS) is 12.5. The molecule has 4 nitrogen and oxygen atoms in total. The van der Waals surface area contributed by atoms with Crippen molar-refractivity contribution in [2.45, 2.75) is 44.4 Å². The van der Waals surface area contributed by atoms with Gasteiger partial charge in [-0.1, -0.05) is 96.5 Å². The van der Waals surface area contributed by atoms with Crippen molar-refractivity contribution in [1.82, 2.24) is 4.90 Å². The number of carboxylic acids is 1. The molecule has 42 heavy (non-hydrogen) atoms. The van der Waals surface area contributed by atoms with Gasteiger partial charge in [-0.25, -0.2) is 0 Å². The number of aliphatic carboxylic acids is 1. The van der Waals surface area contributed by atoms with Crippen molar-refractivity contribution in [3.63, 3.8) is 0 Å². The van der Waals surface area contributed by atoms with E-state index in [0.29, 0.717) is 36.4 Å². The van der Waals surface area contributed by atoms with E-state index in [1.807, 2.05) is 43.3 Å². The van der Waals surface area contributed by atoms with Gasteiger partial charge in [0.25, 0.3) is 0 Å². The Bertz CT molecular complexity index is 1410. The van der Waals surface area contributed by atoms with Crippen molar-refractivity contribution in [3.05, 3.63) is 136 Å². The molecule has 4 aromatic carbocycles. The first-order chi connectivity index (χ1) is 20.1. The molecule has 0 aliphatic carbocycles. The van der Waals surface area contributed by atoms with E-state index in [-0.39, 0.29) is 29.9 Å². The Morgan fingerprint density at radius 2 is 1.52 bits per heavy atom. The molecule has 0 fully saturated rings. The van der Waals surface area contributed by atoms with Gasteiger partial charge in [0.15, 0.2) is 0 Å². The highest BCUT2D eigenvalue weighted by molar-refractivity contribution is 6.32. The Balaban J connectivity index is 1.59. The lowest BCUT2D eigenvalue weighted by atomic mass is 9.90. The molecule has 0 saturated heterocycles. The molecule has 0 aromatic heterocycles. The van der Waals surface area contributed by atoms with E-state index in [1.54, 1.807) is 30.3 Å². The second-order valence-electron chi connectivity index (χ2n) is 10.3. The Kier molecular flexibility index (Phi) is 10.7. The van der Waals surface area contributed by atoms with Crippen LogP contribution in [0.2, 0.25) is 5.02 Å². The van der Waals surface area contributed by atoms with Gasteiger partial charge in [-0.2, -0.15) is 13.2 Å². The first-order valence-corrected chi connectivity index (χ1v) is 14.1. The highest BCUT2D eigenvalue weighted by Crippen LogP contribution is 2.37. The minimum Gasteiger partial charge on any atom is -0.494 e. The van der Waals surface area contributed by atoms with Crippen molar-refractivity contribution in [3.8, 4) is 5.75 Å². The summed E-state index contributed by atoms with van der Waals surface area (Å²) in [6.07, 6.45) is -4.07. The van der Waals surface area contributed by atoms with E-state index >= 15 is 0 Å². The molecule has 1 atom stereocenters. The number of benzene rings is 4. The molecule has 0 amide bonds. The summed E-state index contributed by atoms with van der Waals surface area (Å²) >= 11 is 6.33. The molecular weight excluding hydrogens is 563 g/mol. The summed E-state index contributed by atoms with van der Waals surface area (Å²) in [5.74, 6) is -0.385. The largest absolute Gasteiger partial charge is 0.494 e. The van der Waals surface area contributed by atoms with Crippen LogP contribution in [0.25, 0.3) is 0 Å². The van der Waals surface area contributed by atoms with Crippen molar-refractivity contribution in [1.29, 1.82) is 0 Å². The van der Waals surface area contributed by atoms with Gasteiger partial charge in [-0.3, -0.25) is 9.69 Å². The molecule has 1 N–H and O–H groups in total. The Hall–Kier alpha value is -3.81. The van der Waals surface area contributed by atoms with E-state index in [2.05, 4.69) is 29.2 Å². The van der Waals surface area contributed by atoms with Crippen molar-refractivity contribution >= 4 is 17.6 Å². The fourth-order valence-corrected chi connectivity index (χ4v) is 5.29. The molecule has 4 rings (SSSR count). The van der Waals surface area contributed by atoms with Crippen LogP contribution in [0.15, 0.2) is 103 Å². The second-order valence-corrected chi connectivity index (χ2v) is 10.7. The van der Waals surface area contributed by atoms with Crippen LogP contribution >= 0.6 is 11.6 Å². The van der Waals surface area contributed by atoms with Gasteiger partial charge in [0, 0.05) is 25.0 Å². The number of hydrogen-bond donors (Lipinski definition) is 1. The van der Waals surface area contributed by atoms with Crippen LogP contribution in [0.1, 0.15) is 47.1 Å². The number of nitrogens with zero attached hydrogens (tertiary/aromatic N) is 1. The monoisotopic (exact) mass is 595 g/mol. The number of hydrogen-bond acceptors (Lipinski definition) is 3. The molecule has 0 spiro atoms. The third-order valence-corrected chi connectivity index (χ3v) is 7.71. The summed E-state index contributed by atoms with van der Waals surface area (Å²) in [4.78, 5) is 13.2. The summed E-state index contributed by atoms with van der Waals surface area (Å²) in [5, 5.41) is 8.80. The lowest BCUT2D eigenvalue weighted by molar-refractivity contribution is -0.138. The molecule has 4 aromatic rings. The molecular formula is C34H33ClF3NO3. The van der Waals surface area contributed by atoms with Gasteiger partial charge in [-0.15, -0.1) is 0 Å². The number of alkyl halides is 3. The number of rotatable bonds is 13. The molecule has 0 aliphatic rings. The van der Waals surface area contributed by atoms with Crippen LogP contribution < -0.4 is 4.74 Å². The van der Waals surface area contributed by atoms with Crippen molar-refractivity contribution in [2.75, 3.05) is 13.2 Å². The summed E-state index contributed by atoms with van der Waals surface area (Å²) in [6, 6.07) is 31.0. The Morgan fingerprint density at radius 3 is 2.12 bits per heavy atom. The second kappa shape index (κ2) is 14.4. The SMILES string of the molecule is C[C@H](CCOc1cccc(CC(=O)O)c1)N(Cc1cccc(C(F)(F)F)c1Cl)CC(c1ccccc1)c1ccccc1. The highest BCUT2D eigenvalue weighted by atomic mass is 35.5. The molecule has 0 aliphatic heterocycles. The quantitative estimate of drug-likeness (QED) is 0.168. The highest BCUT2D eigenvalue weighted by Gasteiger charge is 2.34. The van der Waals surface area contributed by atoms with Crippen LogP contribution in [-0.4, -0.2) is 35.2 Å². The zero-order valence-corrected chi connectivity index (χ0v) is 24.0. The maximum Gasteiger partial charge on any atom is 0.417 e. The van der Waals surface area contributed by atoms with E-state index in [9.17, 15) is 18.0 Å². The fourth-order valence-electron chi connectivity index (χ4n) is 5.00. The molecule has 0 unspecified atom stereocenters. The first-order valence-electron chi connectivity index (χ1n) is 13.7. The van der Waals surface area contributed by atoms with Gasteiger partial charge in [0.2, 0.25) is 0 Å². The molecule has 220 valence electrons. The van der Waals surface area contributed by atoms with Gasteiger partial charge in [-0.05, 0) is 53.8 Å². The van der Waals surface area contributed by atoms with Gasteiger partial charge in [0.1, 0.15) is 5.75 Å². The minimum absolute atomic E-state index is 0.0342. The number of ether oxygens (including phenoxy) is 1. The van der Waals surface area contributed by atoms with Crippen LogP contribution in [0.5, 0.6) is 5.75 Å². The topological polar surface area (TPSA) is 49.8 Å². The molecule has 8 heteroatoms. The maximum absolute atomic E-state index is 13.7. The summed E-state index contributed by atoms with van der Waals surface area (Å²) in [6.45, 7) is 3.12. The average Bonchev–Trinajstić information content (AvgIpc) is 2.96. The minimum atomic E-state index is -4.55. The average molecular weight is 596 g/mol. The third kappa shape index (κ3) is 8.60. The van der Waals surface area contributed by atoms with Crippen molar-refractivity contribution in [2.24, 2.45) is 0 Å². The van der Waals surface area contributed by atoms with E-state index in [1.165, 1.54) is 6.07 Å². The van der Waals surface area contributed by atoms with Gasteiger partial charge < -0.3 is 9.84 Å². The number of carboxylic acid groups (broad SMARTS) is 1. The molecule has 0 heterocycles. The predicted octanol–water partition coefficient (Wildman–Crippen LogP) is 8.48. The zero-order valence-electron chi connectivity index (χ0n) is 23.2. The molecule has 0 bridgehead atoms. The van der Waals surface area contributed by atoms with Gasteiger partial charge in [0.05, 0.1) is 23.6 Å². The predicted molar refractivity (Wildman–Crippen MR) is 159 cm³/mol. The lowest BCUT2D eigenvalue weighted by Crippen LogP contribution is -2.37. The van der Waals surface area contributed by atoms with Crippen LogP contribution in [0, 0.1) is 0 Å². The molecule has 0 saturated carbocycles. The zero-order chi connectivity index (χ0) is 30.1. The Morgan fingerprint density at radius 1 is 0.905 bits per heavy atom. The van der Waals surface area contributed by atoms with Crippen LogP contribution in [0.3, 0.4) is 0 Å². The fraction of sp³-hybridized carbons (Fsp3) is 0.265. The maximum atomic E-state index is 13.7. The molecule has 0 radical (unpaired) electrons. The Labute approximate surface area is 249 Å². The first kappa shape index (κ1) is 31.1. The van der Waals surface area contributed by atoms with Crippen molar-refractivity contribution < 1.29 is 27.8 Å². The van der Waals surface area contributed by atoms with Crippen LogP contribution in [-0.2, 0) is 23.9 Å². The standard InChI is InChI=1S/C34H33ClF3NO3/c1-24(18-19-42-29-16-8-10-25(20-29)21-32(40)41)39(22-28-15-9-17-31(33(28)35)34(36,37)38)23-30(26-11-4-2-5-12-26)27-13-6-3-7-14-27/h2-17,20,24,30H,18-19,21-23H2,1H3,(H,40,41)/t24-/m1/s1. The smallest absolute Gasteiger partial charge is 0.417 e. The van der Waals surface area contributed by atoms with E-state index < -0.39 is 17.7 Å². The van der Waals surface area contributed by atoms with Crippen LogP contribution in [0.4, 0.5) is 13.2 Å². The number of carbonyl (C=O) groups is 1. The lowest BCUT2D eigenvalue weighted by Gasteiger charge is -2.34.